The van der Waals surface area contributed by atoms with E-state index in [1.807, 2.05) is 30.0 Å². The van der Waals surface area contributed by atoms with Gasteiger partial charge in [0.2, 0.25) is 0 Å². The first-order valence-corrected chi connectivity index (χ1v) is 9.93. The molecule has 0 aliphatic heterocycles. The molecule has 0 aliphatic rings. The van der Waals surface area contributed by atoms with Gasteiger partial charge in [0.25, 0.3) is 5.91 Å². The number of aliphatic imine (C=N–C) groups is 1. The normalized spacial score (nSPS) is 11.5. The summed E-state index contributed by atoms with van der Waals surface area (Å²) in [4.78, 5) is 16.2. The van der Waals surface area contributed by atoms with Crippen LogP contribution in [0.25, 0.3) is 0 Å². The lowest BCUT2D eigenvalue weighted by Crippen LogP contribution is -2.44. The number of benzene rings is 1. The number of carbonyl (C=O) groups excluding carboxylic acids is 1. The van der Waals surface area contributed by atoms with Crippen molar-refractivity contribution in [3.8, 4) is 0 Å². The summed E-state index contributed by atoms with van der Waals surface area (Å²) in [5, 5.41) is 9.50. The predicted molar refractivity (Wildman–Crippen MR) is 123 cm³/mol. The summed E-state index contributed by atoms with van der Waals surface area (Å²) in [6, 6.07) is 7.37. The summed E-state index contributed by atoms with van der Waals surface area (Å²) >= 11 is 5.19. The monoisotopic (exact) mass is 542 g/mol. The van der Waals surface area contributed by atoms with Crippen LogP contribution in [0.15, 0.2) is 33.7 Å². The standard InChI is InChI=1S/C17H27BrN4OS.HI/c1-17(2,24-4)12-22-16(19-3)21-10-6-9-20-15(23)13-7-5-8-14(18)11-13;/h5,7-8,11H,6,9-10,12H2,1-4H3,(H,20,23)(H2,19,21,22);1H. The van der Waals surface area contributed by atoms with E-state index in [-0.39, 0.29) is 34.6 Å². The van der Waals surface area contributed by atoms with Crippen molar-refractivity contribution in [2.24, 2.45) is 4.99 Å². The summed E-state index contributed by atoms with van der Waals surface area (Å²) in [5.74, 6) is 0.732. The van der Waals surface area contributed by atoms with Gasteiger partial charge in [0.1, 0.15) is 0 Å². The number of hydrogen-bond acceptors (Lipinski definition) is 3. The molecule has 1 aromatic carbocycles. The van der Waals surface area contributed by atoms with Crippen LogP contribution in [-0.4, -0.2) is 49.6 Å². The highest BCUT2D eigenvalue weighted by molar-refractivity contribution is 14.0. The van der Waals surface area contributed by atoms with Crippen LogP contribution in [0, 0.1) is 0 Å². The Morgan fingerprint density at radius 3 is 2.52 bits per heavy atom. The van der Waals surface area contributed by atoms with E-state index in [2.05, 4.69) is 57.0 Å². The van der Waals surface area contributed by atoms with Gasteiger partial charge < -0.3 is 16.0 Å². The SMILES string of the molecule is CN=C(NCCCNC(=O)c1cccc(Br)c1)NCC(C)(C)SC.I. The summed E-state index contributed by atoms with van der Waals surface area (Å²) < 4.78 is 1.06. The summed E-state index contributed by atoms with van der Waals surface area (Å²) in [6.45, 7) is 6.59. The van der Waals surface area contributed by atoms with Gasteiger partial charge in [-0.05, 0) is 44.7 Å². The molecule has 0 aromatic heterocycles. The smallest absolute Gasteiger partial charge is 0.251 e. The Labute approximate surface area is 180 Å². The highest BCUT2D eigenvalue weighted by Crippen LogP contribution is 2.19. The van der Waals surface area contributed by atoms with Crippen LogP contribution in [0.5, 0.6) is 0 Å². The van der Waals surface area contributed by atoms with E-state index in [1.54, 1.807) is 13.1 Å². The second-order valence-electron chi connectivity index (χ2n) is 5.94. The molecule has 0 saturated carbocycles. The molecule has 0 bridgehead atoms. The Kier molecular flexibility index (Phi) is 12.6. The van der Waals surface area contributed by atoms with Gasteiger partial charge in [-0.3, -0.25) is 9.79 Å². The fourth-order valence-corrected chi connectivity index (χ4v) is 2.43. The van der Waals surface area contributed by atoms with Crippen LogP contribution in [0.4, 0.5) is 0 Å². The molecule has 0 spiro atoms. The maximum absolute atomic E-state index is 12.0. The third kappa shape index (κ3) is 10.3. The van der Waals surface area contributed by atoms with Gasteiger partial charge in [0.05, 0.1) is 0 Å². The van der Waals surface area contributed by atoms with E-state index in [1.165, 1.54) is 0 Å². The molecule has 1 amide bonds. The van der Waals surface area contributed by atoms with Crippen molar-refractivity contribution in [1.29, 1.82) is 0 Å². The highest BCUT2D eigenvalue weighted by Gasteiger charge is 2.15. The van der Waals surface area contributed by atoms with Crippen LogP contribution >= 0.6 is 51.7 Å². The van der Waals surface area contributed by atoms with Crippen LogP contribution in [0.3, 0.4) is 0 Å². The molecule has 25 heavy (non-hydrogen) atoms. The lowest BCUT2D eigenvalue weighted by molar-refractivity contribution is 0.0953. The molecule has 0 heterocycles. The molecular weight excluding hydrogens is 515 g/mol. The van der Waals surface area contributed by atoms with Gasteiger partial charge in [-0.2, -0.15) is 11.8 Å². The van der Waals surface area contributed by atoms with Crippen molar-refractivity contribution in [1.82, 2.24) is 16.0 Å². The lowest BCUT2D eigenvalue weighted by atomic mass is 10.2. The van der Waals surface area contributed by atoms with Gasteiger partial charge in [0, 0.05) is 41.5 Å². The fourth-order valence-electron chi connectivity index (χ4n) is 1.82. The molecule has 1 rings (SSSR count). The summed E-state index contributed by atoms with van der Waals surface area (Å²) in [6.07, 6.45) is 2.93. The van der Waals surface area contributed by atoms with E-state index < -0.39 is 0 Å². The van der Waals surface area contributed by atoms with Gasteiger partial charge in [-0.1, -0.05) is 22.0 Å². The second-order valence-corrected chi connectivity index (χ2v) is 8.37. The second kappa shape index (κ2) is 12.8. The zero-order chi connectivity index (χ0) is 18.0. The Balaban J connectivity index is 0.00000576. The number of amides is 1. The van der Waals surface area contributed by atoms with Gasteiger partial charge in [-0.25, -0.2) is 0 Å². The van der Waals surface area contributed by atoms with Crippen molar-refractivity contribution in [3.05, 3.63) is 34.3 Å². The lowest BCUT2D eigenvalue weighted by Gasteiger charge is -2.23. The largest absolute Gasteiger partial charge is 0.356 e. The molecule has 0 aliphatic carbocycles. The van der Waals surface area contributed by atoms with Crippen molar-refractivity contribution in [2.45, 2.75) is 25.0 Å². The van der Waals surface area contributed by atoms with E-state index >= 15 is 0 Å². The Morgan fingerprint density at radius 2 is 1.92 bits per heavy atom. The van der Waals surface area contributed by atoms with E-state index in [0.29, 0.717) is 12.1 Å². The molecule has 0 atom stereocenters. The summed E-state index contributed by atoms with van der Waals surface area (Å²) in [5.41, 5.74) is 0.661. The predicted octanol–water partition coefficient (Wildman–Crippen LogP) is 3.49. The van der Waals surface area contributed by atoms with Crippen LogP contribution in [0.1, 0.15) is 30.6 Å². The zero-order valence-electron chi connectivity index (χ0n) is 15.2. The molecule has 0 unspecified atom stereocenters. The van der Waals surface area contributed by atoms with E-state index in [9.17, 15) is 4.79 Å². The molecule has 0 saturated heterocycles. The molecule has 142 valence electrons. The number of nitrogens with zero attached hydrogens (tertiary/aromatic N) is 1. The maximum Gasteiger partial charge on any atom is 0.251 e. The van der Waals surface area contributed by atoms with Crippen molar-refractivity contribution < 1.29 is 4.79 Å². The minimum Gasteiger partial charge on any atom is -0.356 e. The maximum atomic E-state index is 12.0. The number of hydrogen-bond donors (Lipinski definition) is 3. The average molecular weight is 543 g/mol. The number of carbonyl (C=O) groups is 1. The highest BCUT2D eigenvalue weighted by atomic mass is 127. The average Bonchev–Trinajstić information content (AvgIpc) is 2.57. The minimum absolute atomic E-state index is 0. The molecule has 8 heteroatoms. The number of nitrogens with one attached hydrogen (secondary N) is 3. The number of thioether (sulfide) groups is 1. The first-order chi connectivity index (χ1) is 11.4. The Bertz CT molecular complexity index is 569. The first kappa shape index (κ1) is 24.5. The molecule has 0 fully saturated rings. The van der Waals surface area contributed by atoms with E-state index in [0.717, 1.165) is 29.9 Å². The molecule has 1 aromatic rings. The van der Waals surface area contributed by atoms with Crippen LogP contribution in [0.2, 0.25) is 0 Å². The number of rotatable bonds is 8. The van der Waals surface area contributed by atoms with Crippen molar-refractivity contribution in [3.63, 3.8) is 0 Å². The Morgan fingerprint density at radius 1 is 1.24 bits per heavy atom. The molecule has 0 radical (unpaired) electrons. The van der Waals surface area contributed by atoms with Gasteiger partial charge >= 0.3 is 0 Å². The van der Waals surface area contributed by atoms with Gasteiger partial charge in [-0.15, -0.1) is 24.0 Å². The van der Waals surface area contributed by atoms with Crippen molar-refractivity contribution in [2.75, 3.05) is 32.9 Å². The van der Waals surface area contributed by atoms with Crippen LogP contribution in [-0.2, 0) is 0 Å². The first-order valence-electron chi connectivity index (χ1n) is 7.91. The molecular formula is C17H28BrIN4OS. The quantitative estimate of drug-likeness (QED) is 0.204. The zero-order valence-corrected chi connectivity index (χ0v) is 19.9. The van der Waals surface area contributed by atoms with Gasteiger partial charge in [0.15, 0.2) is 5.96 Å². The topological polar surface area (TPSA) is 65.5 Å². The van der Waals surface area contributed by atoms with E-state index in [4.69, 9.17) is 0 Å². The fraction of sp³-hybridized carbons (Fsp3) is 0.529. The molecule has 5 nitrogen and oxygen atoms in total. The van der Waals surface area contributed by atoms with Crippen molar-refractivity contribution >= 4 is 63.5 Å². The number of halogens is 2. The third-order valence-electron chi connectivity index (χ3n) is 3.48. The summed E-state index contributed by atoms with van der Waals surface area (Å²) in [7, 11) is 1.76. The van der Waals surface area contributed by atoms with Crippen LogP contribution < -0.4 is 16.0 Å². The third-order valence-corrected chi connectivity index (χ3v) is 5.22. The molecule has 3 N–H and O–H groups in total. The minimum atomic E-state index is -0.0551. The number of guanidine groups is 1. The Hall–Kier alpha value is -0.480.